The maximum Gasteiger partial charge on any atom is 0.433 e. The quantitative estimate of drug-likeness (QED) is 0.321. The molecule has 0 aliphatic heterocycles. The topological polar surface area (TPSA) is 129 Å². The number of halogens is 3. The number of ether oxygens (including phenoxy) is 1. The molecule has 0 aliphatic carbocycles. The van der Waals surface area contributed by atoms with E-state index in [4.69, 9.17) is 9.15 Å². The molecule has 11 nitrogen and oxygen atoms in total. The van der Waals surface area contributed by atoms with Crippen LogP contribution in [0.4, 0.5) is 18.9 Å². The Bertz CT molecular complexity index is 1660. The number of methoxy groups -OCH3 is 1. The lowest BCUT2D eigenvalue weighted by Gasteiger charge is -2.11. The first-order valence-corrected chi connectivity index (χ1v) is 11.4. The second-order valence-corrected chi connectivity index (χ2v) is 8.30. The molecule has 39 heavy (non-hydrogen) atoms. The van der Waals surface area contributed by atoms with Crippen molar-refractivity contribution >= 4 is 23.1 Å². The highest BCUT2D eigenvalue weighted by Crippen LogP contribution is 2.33. The average Bonchev–Trinajstić information content (AvgIpc) is 3.66. The number of amides is 2. The van der Waals surface area contributed by atoms with Gasteiger partial charge in [0.2, 0.25) is 0 Å². The van der Waals surface area contributed by atoms with Gasteiger partial charge < -0.3 is 19.8 Å². The molecule has 2 N–H and O–H groups in total. The fourth-order valence-electron chi connectivity index (χ4n) is 3.85. The van der Waals surface area contributed by atoms with Crippen molar-refractivity contribution in [2.24, 2.45) is 7.05 Å². The Kier molecular flexibility index (Phi) is 6.52. The van der Waals surface area contributed by atoms with Crippen molar-refractivity contribution in [1.82, 2.24) is 29.7 Å². The Morgan fingerprint density at radius 1 is 1.10 bits per heavy atom. The van der Waals surface area contributed by atoms with E-state index in [1.54, 1.807) is 36.4 Å². The van der Waals surface area contributed by atoms with Crippen LogP contribution in [0.1, 0.15) is 32.4 Å². The zero-order valence-corrected chi connectivity index (χ0v) is 20.5. The number of aromatic nitrogens is 5. The molecule has 0 radical (unpaired) electrons. The number of carbonyl (C=O) groups is 2. The minimum absolute atomic E-state index is 0.0227. The van der Waals surface area contributed by atoms with Crippen LogP contribution in [0, 0.1) is 0 Å². The van der Waals surface area contributed by atoms with Crippen molar-refractivity contribution in [3.63, 3.8) is 0 Å². The minimum atomic E-state index is -4.79. The van der Waals surface area contributed by atoms with Crippen molar-refractivity contribution in [3.8, 4) is 17.0 Å². The second-order valence-electron chi connectivity index (χ2n) is 8.30. The third kappa shape index (κ3) is 5.16. The summed E-state index contributed by atoms with van der Waals surface area (Å²) in [6.07, 6.45) is -2.08. The van der Waals surface area contributed by atoms with Crippen LogP contribution in [-0.4, -0.2) is 43.3 Å². The van der Waals surface area contributed by atoms with Crippen LogP contribution in [0.2, 0.25) is 0 Å². The maximum atomic E-state index is 13.9. The first-order valence-electron chi connectivity index (χ1n) is 11.4. The molecule has 0 saturated carbocycles. The molecule has 0 spiro atoms. The summed E-state index contributed by atoms with van der Waals surface area (Å²) in [6, 6.07) is 11.7. The molecular formula is C25H20F3N7O4. The summed E-state index contributed by atoms with van der Waals surface area (Å²) in [5.74, 6) is -0.360. The summed E-state index contributed by atoms with van der Waals surface area (Å²) in [5, 5.41) is 13.0. The highest BCUT2D eigenvalue weighted by Gasteiger charge is 2.36. The zero-order valence-electron chi connectivity index (χ0n) is 20.5. The summed E-state index contributed by atoms with van der Waals surface area (Å²) in [4.78, 5) is 30.0. The standard InChI is InChI=1S/C25H20F3N7O4/c1-34-22(24(37)29-12-16-4-3-9-39-16)19(13-30-34)32-23(36)18-11-21-31-17(14-5-7-15(38-2)8-6-14)10-20(25(26,27)28)35(21)33-18/h3-11,13H,12H2,1-2H3,(H,29,37)(H,32,36). The van der Waals surface area contributed by atoms with Crippen LogP contribution in [0.25, 0.3) is 16.9 Å². The summed E-state index contributed by atoms with van der Waals surface area (Å²) in [7, 11) is 2.98. The zero-order chi connectivity index (χ0) is 27.7. The van der Waals surface area contributed by atoms with Crippen LogP contribution in [0.5, 0.6) is 5.75 Å². The van der Waals surface area contributed by atoms with E-state index < -0.39 is 23.7 Å². The highest BCUT2D eigenvalue weighted by atomic mass is 19.4. The van der Waals surface area contributed by atoms with Crippen LogP contribution in [0.15, 0.2) is 65.4 Å². The largest absolute Gasteiger partial charge is 0.497 e. The molecule has 5 rings (SSSR count). The summed E-state index contributed by atoms with van der Waals surface area (Å²) in [5.41, 5.74) is -1.14. The van der Waals surface area contributed by atoms with Gasteiger partial charge in [0.05, 0.1) is 37.5 Å². The summed E-state index contributed by atoms with van der Waals surface area (Å²) < 4.78 is 53.9. The molecule has 14 heteroatoms. The third-order valence-electron chi connectivity index (χ3n) is 5.74. The Labute approximate surface area is 218 Å². The van der Waals surface area contributed by atoms with Gasteiger partial charge in [-0.25, -0.2) is 9.50 Å². The van der Waals surface area contributed by atoms with Crippen LogP contribution in [-0.2, 0) is 19.8 Å². The smallest absolute Gasteiger partial charge is 0.433 e. The molecule has 0 bridgehead atoms. The number of carbonyl (C=O) groups excluding carboxylic acids is 2. The minimum Gasteiger partial charge on any atom is -0.497 e. The van der Waals surface area contributed by atoms with E-state index in [-0.39, 0.29) is 35.0 Å². The van der Waals surface area contributed by atoms with E-state index in [9.17, 15) is 22.8 Å². The normalized spacial score (nSPS) is 11.5. The second kappa shape index (κ2) is 9.96. The predicted molar refractivity (Wildman–Crippen MR) is 131 cm³/mol. The number of anilines is 1. The first kappa shape index (κ1) is 25.5. The van der Waals surface area contributed by atoms with Crippen molar-refractivity contribution in [3.05, 3.63) is 83.8 Å². The van der Waals surface area contributed by atoms with Gasteiger partial charge in [0.25, 0.3) is 11.8 Å². The maximum absolute atomic E-state index is 13.9. The fourth-order valence-corrected chi connectivity index (χ4v) is 3.85. The SMILES string of the molecule is COc1ccc(-c2cc(C(F)(F)F)n3nc(C(=O)Nc4cnn(C)c4C(=O)NCc4ccco4)cc3n2)cc1. The Morgan fingerprint density at radius 3 is 2.54 bits per heavy atom. The number of alkyl halides is 3. The van der Waals surface area contributed by atoms with Crippen molar-refractivity contribution in [2.45, 2.75) is 12.7 Å². The number of rotatable bonds is 7. The summed E-state index contributed by atoms with van der Waals surface area (Å²) in [6.45, 7) is 0.0965. The van der Waals surface area contributed by atoms with E-state index in [1.165, 1.54) is 31.3 Å². The average molecular weight is 539 g/mol. The van der Waals surface area contributed by atoms with Gasteiger partial charge in [-0.3, -0.25) is 14.3 Å². The van der Waals surface area contributed by atoms with E-state index >= 15 is 0 Å². The number of benzene rings is 1. The van der Waals surface area contributed by atoms with Crippen LogP contribution >= 0.6 is 0 Å². The van der Waals surface area contributed by atoms with Crippen molar-refractivity contribution < 1.29 is 31.9 Å². The number of furan rings is 1. The number of fused-ring (bicyclic) bond motifs is 1. The number of aryl methyl sites for hydroxylation is 1. The molecule has 200 valence electrons. The lowest BCUT2D eigenvalue weighted by molar-refractivity contribution is -0.142. The molecule has 0 aliphatic rings. The van der Waals surface area contributed by atoms with Gasteiger partial charge in [-0.15, -0.1) is 0 Å². The van der Waals surface area contributed by atoms with Gasteiger partial charge in [0.15, 0.2) is 17.0 Å². The molecule has 5 aromatic rings. The van der Waals surface area contributed by atoms with Crippen LogP contribution in [0.3, 0.4) is 0 Å². The molecule has 4 aromatic heterocycles. The van der Waals surface area contributed by atoms with Crippen molar-refractivity contribution in [2.75, 3.05) is 12.4 Å². The highest BCUT2D eigenvalue weighted by molar-refractivity contribution is 6.07. The molecular weight excluding hydrogens is 519 g/mol. The monoisotopic (exact) mass is 539 g/mol. The molecule has 4 heterocycles. The van der Waals surface area contributed by atoms with E-state index in [0.717, 1.165) is 12.1 Å². The number of nitrogens with zero attached hydrogens (tertiary/aromatic N) is 5. The first-order chi connectivity index (χ1) is 18.6. The molecule has 0 fully saturated rings. The number of hydrogen-bond donors (Lipinski definition) is 2. The lowest BCUT2D eigenvalue weighted by Crippen LogP contribution is -2.26. The van der Waals surface area contributed by atoms with Crippen LogP contribution < -0.4 is 15.4 Å². The molecule has 1 aromatic carbocycles. The van der Waals surface area contributed by atoms with Gasteiger partial charge in [-0.05, 0) is 42.5 Å². The molecule has 0 unspecified atom stereocenters. The molecule has 0 saturated heterocycles. The number of hydrogen-bond acceptors (Lipinski definition) is 7. The van der Waals surface area contributed by atoms with Gasteiger partial charge in [-0.2, -0.15) is 23.4 Å². The third-order valence-corrected chi connectivity index (χ3v) is 5.74. The Morgan fingerprint density at radius 2 is 1.87 bits per heavy atom. The van der Waals surface area contributed by atoms with E-state index in [0.29, 0.717) is 21.6 Å². The molecule has 2 amide bonds. The predicted octanol–water partition coefficient (Wildman–Crippen LogP) is 3.93. The van der Waals surface area contributed by atoms with Crippen molar-refractivity contribution in [1.29, 1.82) is 0 Å². The summed E-state index contributed by atoms with van der Waals surface area (Å²) >= 11 is 0. The lowest BCUT2D eigenvalue weighted by atomic mass is 10.1. The fraction of sp³-hybridized carbons (Fsp3) is 0.160. The van der Waals surface area contributed by atoms with Gasteiger partial charge >= 0.3 is 6.18 Å². The van der Waals surface area contributed by atoms with E-state index in [1.807, 2.05) is 0 Å². The van der Waals surface area contributed by atoms with E-state index in [2.05, 4.69) is 25.8 Å². The van der Waals surface area contributed by atoms with Gasteiger partial charge in [0, 0.05) is 18.7 Å². The Hall–Kier alpha value is -5.14. The number of nitrogens with one attached hydrogen (secondary N) is 2. The van der Waals surface area contributed by atoms with Gasteiger partial charge in [-0.1, -0.05) is 0 Å². The molecule has 0 atom stereocenters. The van der Waals surface area contributed by atoms with Gasteiger partial charge in [0.1, 0.15) is 17.2 Å². The Balaban J connectivity index is 1.44.